The van der Waals surface area contributed by atoms with Crippen LogP contribution >= 0.6 is 0 Å². The summed E-state index contributed by atoms with van der Waals surface area (Å²) in [7, 11) is 0. The third-order valence-electron chi connectivity index (χ3n) is 2.10. The molecule has 84 valence electrons. The molecule has 0 heterocycles. The Morgan fingerprint density at radius 1 is 1.20 bits per heavy atom. The first-order valence-corrected chi connectivity index (χ1v) is 5.56. The molecular formula is C14H22O. The van der Waals surface area contributed by atoms with E-state index < -0.39 is 0 Å². The highest BCUT2D eigenvalue weighted by molar-refractivity contribution is 5.89. The number of allylic oxidation sites excluding steroid dienone is 6. The maximum Gasteiger partial charge on any atom is 0.155 e. The second-order valence-electron chi connectivity index (χ2n) is 4.01. The summed E-state index contributed by atoms with van der Waals surface area (Å²) in [5.74, 6) is 0.184. The van der Waals surface area contributed by atoms with Crippen LogP contribution in [0.3, 0.4) is 0 Å². The van der Waals surface area contributed by atoms with Gasteiger partial charge in [-0.2, -0.15) is 0 Å². The average molecular weight is 206 g/mol. The fourth-order valence-electron chi connectivity index (χ4n) is 1.11. The van der Waals surface area contributed by atoms with Crippen molar-refractivity contribution < 1.29 is 4.79 Å². The van der Waals surface area contributed by atoms with Crippen LogP contribution in [0.5, 0.6) is 0 Å². The highest BCUT2D eigenvalue weighted by atomic mass is 16.1. The lowest BCUT2D eigenvalue weighted by Gasteiger charge is -1.96. The molecule has 0 aliphatic rings. The maximum atomic E-state index is 11.0. The maximum absolute atomic E-state index is 11.0. The zero-order valence-corrected chi connectivity index (χ0v) is 10.3. The van der Waals surface area contributed by atoms with Crippen molar-refractivity contribution in [2.24, 2.45) is 0 Å². The largest absolute Gasteiger partial charge is 0.295 e. The standard InChI is InChI=1S/C14H22O/c1-5-14(15)11-7-10-13(4)9-6-8-12(2)3/h7-8,10-11H,5-6,9H2,1-4H3/b11-7+,13-10-. The number of carbonyl (C=O) groups is 1. The number of rotatable bonds is 6. The summed E-state index contributed by atoms with van der Waals surface area (Å²) in [5.41, 5.74) is 2.67. The highest BCUT2D eigenvalue weighted by Gasteiger charge is 1.89. The van der Waals surface area contributed by atoms with Gasteiger partial charge in [-0.1, -0.05) is 36.3 Å². The molecule has 0 aromatic carbocycles. The summed E-state index contributed by atoms with van der Waals surface area (Å²) in [5, 5.41) is 0. The second-order valence-corrected chi connectivity index (χ2v) is 4.01. The van der Waals surface area contributed by atoms with Gasteiger partial charge in [0.15, 0.2) is 5.78 Å². The Kier molecular flexibility index (Phi) is 7.61. The van der Waals surface area contributed by atoms with E-state index in [2.05, 4.69) is 26.8 Å². The molecule has 0 amide bonds. The molecule has 1 heteroatoms. The van der Waals surface area contributed by atoms with Crippen molar-refractivity contribution in [2.45, 2.75) is 47.0 Å². The summed E-state index contributed by atoms with van der Waals surface area (Å²) in [6.07, 6.45) is 10.5. The number of carbonyl (C=O) groups excluding carboxylic acids is 1. The van der Waals surface area contributed by atoms with Gasteiger partial charge in [0.25, 0.3) is 0 Å². The van der Waals surface area contributed by atoms with Crippen LogP contribution in [-0.2, 0) is 4.79 Å². The predicted octanol–water partition coefficient (Wildman–Crippen LogP) is 4.21. The summed E-state index contributed by atoms with van der Waals surface area (Å²) >= 11 is 0. The molecule has 0 N–H and O–H groups in total. The van der Waals surface area contributed by atoms with Gasteiger partial charge in [-0.3, -0.25) is 4.79 Å². The lowest BCUT2D eigenvalue weighted by molar-refractivity contribution is -0.114. The van der Waals surface area contributed by atoms with Crippen molar-refractivity contribution >= 4 is 5.78 Å². The lowest BCUT2D eigenvalue weighted by atomic mass is 10.1. The molecule has 1 nitrogen and oxygen atoms in total. The molecule has 15 heavy (non-hydrogen) atoms. The monoisotopic (exact) mass is 206 g/mol. The van der Waals surface area contributed by atoms with Crippen LogP contribution in [0, 0.1) is 0 Å². The summed E-state index contributed by atoms with van der Waals surface area (Å²) < 4.78 is 0. The van der Waals surface area contributed by atoms with Gasteiger partial charge in [0.2, 0.25) is 0 Å². The molecule has 0 spiro atoms. The Labute approximate surface area is 93.6 Å². The van der Waals surface area contributed by atoms with E-state index in [0.29, 0.717) is 6.42 Å². The number of ketones is 1. The molecule has 0 fully saturated rings. The Morgan fingerprint density at radius 2 is 1.87 bits per heavy atom. The number of hydrogen-bond acceptors (Lipinski definition) is 1. The van der Waals surface area contributed by atoms with E-state index >= 15 is 0 Å². The van der Waals surface area contributed by atoms with E-state index in [9.17, 15) is 4.79 Å². The van der Waals surface area contributed by atoms with Gasteiger partial charge in [-0.25, -0.2) is 0 Å². The molecule has 0 aromatic heterocycles. The van der Waals surface area contributed by atoms with Crippen molar-refractivity contribution in [1.82, 2.24) is 0 Å². The van der Waals surface area contributed by atoms with E-state index in [-0.39, 0.29) is 5.78 Å². The average Bonchev–Trinajstić information content (AvgIpc) is 2.17. The Bertz CT molecular complexity index is 276. The molecule has 0 aliphatic heterocycles. The fraction of sp³-hybridized carbons (Fsp3) is 0.500. The molecule has 0 aliphatic carbocycles. The first-order valence-electron chi connectivity index (χ1n) is 5.56. The molecule has 0 unspecified atom stereocenters. The van der Waals surface area contributed by atoms with Crippen LogP contribution < -0.4 is 0 Å². The summed E-state index contributed by atoms with van der Waals surface area (Å²) in [6.45, 7) is 8.19. The van der Waals surface area contributed by atoms with Crippen LogP contribution in [0.25, 0.3) is 0 Å². The van der Waals surface area contributed by atoms with Gasteiger partial charge >= 0.3 is 0 Å². The van der Waals surface area contributed by atoms with Gasteiger partial charge in [0.1, 0.15) is 0 Å². The Morgan fingerprint density at radius 3 is 2.40 bits per heavy atom. The van der Waals surface area contributed by atoms with Gasteiger partial charge in [0, 0.05) is 6.42 Å². The van der Waals surface area contributed by atoms with E-state index in [4.69, 9.17) is 0 Å². The SMILES string of the molecule is CCC(=O)/C=C/C=C(/C)CCC=C(C)C. The van der Waals surface area contributed by atoms with Crippen LogP contribution in [0.4, 0.5) is 0 Å². The van der Waals surface area contributed by atoms with E-state index in [1.807, 2.05) is 19.1 Å². The van der Waals surface area contributed by atoms with E-state index in [1.54, 1.807) is 6.08 Å². The molecule has 0 saturated heterocycles. The van der Waals surface area contributed by atoms with Gasteiger partial charge < -0.3 is 0 Å². The van der Waals surface area contributed by atoms with Crippen LogP contribution in [-0.4, -0.2) is 5.78 Å². The molecule has 0 bridgehead atoms. The molecule has 0 atom stereocenters. The highest BCUT2D eigenvalue weighted by Crippen LogP contribution is 2.06. The Balaban J connectivity index is 3.94. The van der Waals surface area contributed by atoms with Crippen LogP contribution in [0.15, 0.2) is 35.5 Å². The predicted molar refractivity (Wildman–Crippen MR) is 66.9 cm³/mol. The topological polar surface area (TPSA) is 17.1 Å². The zero-order chi connectivity index (χ0) is 11.7. The normalized spacial score (nSPS) is 11.9. The van der Waals surface area contributed by atoms with Crippen molar-refractivity contribution in [3.63, 3.8) is 0 Å². The van der Waals surface area contributed by atoms with Crippen molar-refractivity contribution in [1.29, 1.82) is 0 Å². The van der Waals surface area contributed by atoms with Gasteiger partial charge in [-0.05, 0) is 39.7 Å². The van der Waals surface area contributed by atoms with Crippen molar-refractivity contribution in [2.75, 3.05) is 0 Å². The zero-order valence-electron chi connectivity index (χ0n) is 10.3. The smallest absolute Gasteiger partial charge is 0.155 e. The van der Waals surface area contributed by atoms with Crippen molar-refractivity contribution in [3.05, 3.63) is 35.5 Å². The minimum Gasteiger partial charge on any atom is -0.295 e. The van der Waals surface area contributed by atoms with Crippen LogP contribution in [0.1, 0.15) is 47.0 Å². The van der Waals surface area contributed by atoms with Gasteiger partial charge in [0.05, 0.1) is 0 Å². The third kappa shape index (κ3) is 9.20. The molecule has 0 rings (SSSR count). The fourth-order valence-corrected chi connectivity index (χ4v) is 1.11. The van der Waals surface area contributed by atoms with Gasteiger partial charge in [-0.15, -0.1) is 0 Å². The molecule has 0 radical (unpaired) electrons. The van der Waals surface area contributed by atoms with Crippen molar-refractivity contribution in [3.8, 4) is 0 Å². The number of hydrogen-bond donors (Lipinski definition) is 0. The van der Waals surface area contributed by atoms with Crippen LogP contribution in [0.2, 0.25) is 0 Å². The summed E-state index contributed by atoms with van der Waals surface area (Å²) in [4.78, 5) is 11.0. The first kappa shape index (κ1) is 13.9. The minimum absolute atomic E-state index is 0.184. The first-order chi connectivity index (χ1) is 7.06. The van der Waals surface area contributed by atoms with E-state index in [0.717, 1.165) is 12.8 Å². The molecule has 0 saturated carbocycles. The quantitative estimate of drug-likeness (QED) is 0.361. The molecular weight excluding hydrogens is 184 g/mol. The van der Waals surface area contributed by atoms with E-state index in [1.165, 1.54) is 11.1 Å². The third-order valence-corrected chi connectivity index (χ3v) is 2.10. The molecule has 0 aromatic rings. The second kappa shape index (κ2) is 8.22. The lowest BCUT2D eigenvalue weighted by Crippen LogP contribution is -1.86. The minimum atomic E-state index is 0.184. The summed E-state index contributed by atoms with van der Waals surface area (Å²) in [6, 6.07) is 0. The Hall–Kier alpha value is -1.11.